The van der Waals surface area contributed by atoms with E-state index in [0.717, 1.165) is 32.1 Å². The van der Waals surface area contributed by atoms with Gasteiger partial charge in [-0.15, -0.1) is 0 Å². The van der Waals surface area contributed by atoms with Gasteiger partial charge < -0.3 is 5.11 Å². The van der Waals surface area contributed by atoms with Crippen LogP contribution in [0.25, 0.3) is 0 Å². The molecule has 0 aliphatic carbocycles. The minimum atomic E-state index is -0.761. The second kappa shape index (κ2) is 18.1. The maximum Gasteiger partial charge on any atom is 0.303 e. The highest BCUT2D eigenvalue weighted by atomic mass is 17.1. The molecule has 0 unspecified atom stereocenters. The summed E-state index contributed by atoms with van der Waals surface area (Å²) in [5, 5.41) is 26.4. The highest BCUT2D eigenvalue weighted by Gasteiger charge is 2.20. The lowest BCUT2D eigenvalue weighted by Crippen LogP contribution is -2.28. The first kappa shape index (κ1) is 24.3. The minimum Gasteiger partial charge on any atom is -0.481 e. The Morgan fingerprint density at radius 3 is 2.38 bits per heavy atom. The van der Waals surface area contributed by atoms with Crippen molar-refractivity contribution in [3.8, 4) is 0 Å². The van der Waals surface area contributed by atoms with Crippen molar-refractivity contribution in [2.45, 2.75) is 70.5 Å². The van der Waals surface area contributed by atoms with E-state index in [4.69, 9.17) is 15.6 Å². The molecule has 0 aromatic rings. The molecule has 148 valence electrons. The summed E-state index contributed by atoms with van der Waals surface area (Å²) in [5.74, 6) is -0.761. The van der Waals surface area contributed by atoms with E-state index in [0.29, 0.717) is 12.8 Å². The summed E-state index contributed by atoms with van der Waals surface area (Å²) in [4.78, 5) is 19.1. The highest BCUT2D eigenvalue weighted by molar-refractivity contribution is 5.66. The van der Waals surface area contributed by atoms with Gasteiger partial charge in [0.15, 0.2) is 0 Å². The van der Waals surface area contributed by atoms with Crippen LogP contribution in [0.4, 0.5) is 0 Å². The van der Waals surface area contributed by atoms with E-state index in [1.165, 1.54) is 0 Å². The molecule has 0 radical (unpaired) electrons. The van der Waals surface area contributed by atoms with Gasteiger partial charge in [-0.25, -0.2) is 9.78 Å². The van der Waals surface area contributed by atoms with Crippen molar-refractivity contribution in [1.29, 1.82) is 0 Å². The summed E-state index contributed by atoms with van der Waals surface area (Å²) in [6, 6.07) is 0. The fourth-order valence-electron chi connectivity index (χ4n) is 2.22. The van der Waals surface area contributed by atoms with Crippen LogP contribution in [0.5, 0.6) is 0 Å². The van der Waals surface area contributed by atoms with Crippen LogP contribution < -0.4 is 0 Å². The zero-order valence-electron chi connectivity index (χ0n) is 15.5. The molecule has 6 heteroatoms. The second-order valence-electron chi connectivity index (χ2n) is 5.90. The fraction of sp³-hybridized carbons (Fsp3) is 0.550. The van der Waals surface area contributed by atoms with Gasteiger partial charge in [-0.1, -0.05) is 68.7 Å². The Bertz CT molecular complexity index is 453. The molecule has 0 spiro atoms. The molecule has 0 saturated heterocycles. The molecule has 0 heterocycles. The predicted octanol–water partition coefficient (Wildman–Crippen LogP) is 5.15. The van der Waals surface area contributed by atoms with Gasteiger partial charge in [-0.3, -0.25) is 15.3 Å². The van der Waals surface area contributed by atoms with E-state index in [-0.39, 0.29) is 6.42 Å². The maximum absolute atomic E-state index is 10.3. The number of allylic oxidation sites excluding steroid dienone is 7. The summed E-state index contributed by atoms with van der Waals surface area (Å²) in [6.07, 6.45) is 19.5. The molecule has 0 bridgehead atoms. The molecule has 26 heavy (non-hydrogen) atoms. The number of carboxylic acid groups (broad SMARTS) is 1. The molecule has 6 nitrogen and oxygen atoms in total. The molecule has 0 rings (SSSR count). The molecule has 0 saturated carbocycles. The predicted molar refractivity (Wildman–Crippen MR) is 102 cm³/mol. The van der Waals surface area contributed by atoms with Crippen molar-refractivity contribution in [1.82, 2.24) is 0 Å². The van der Waals surface area contributed by atoms with E-state index >= 15 is 0 Å². The molecule has 0 aromatic heterocycles. The van der Waals surface area contributed by atoms with Crippen molar-refractivity contribution in [2.75, 3.05) is 0 Å². The second-order valence-corrected chi connectivity index (χ2v) is 5.90. The van der Waals surface area contributed by atoms with Crippen LogP contribution in [0.1, 0.15) is 58.3 Å². The monoisotopic (exact) mass is 368 g/mol. The molecule has 0 aliphatic heterocycles. The number of unbranched alkanes of at least 4 members (excludes halogenated alkanes) is 3. The standard InChI is InChI=1S/C20H32O6/c1-2-3-12-15-18(25-23)19(26-24)16-13-10-8-6-4-5-7-9-11-14-17-20(21)22/h4,6-10,13,16,18-19,23-24H,2-3,5,11-12,14-15,17H2,1H3,(H,21,22)/b6-4-,9-7-,10-8+,16-13+/t18-,19+/m0/s1. The van der Waals surface area contributed by atoms with Crippen molar-refractivity contribution < 1.29 is 30.2 Å². The number of carboxylic acids is 1. The number of hydrogen-bond acceptors (Lipinski definition) is 5. The lowest BCUT2D eigenvalue weighted by Gasteiger charge is -2.18. The van der Waals surface area contributed by atoms with Crippen molar-refractivity contribution in [3.63, 3.8) is 0 Å². The first-order chi connectivity index (χ1) is 12.7. The lowest BCUT2D eigenvalue weighted by atomic mass is 10.1. The van der Waals surface area contributed by atoms with Crippen LogP contribution in [-0.2, 0) is 14.6 Å². The van der Waals surface area contributed by atoms with E-state index in [1.54, 1.807) is 18.2 Å². The zero-order valence-corrected chi connectivity index (χ0v) is 15.5. The first-order valence-electron chi connectivity index (χ1n) is 9.12. The summed E-state index contributed by atoms with van der Waals surface area (Å²) >= 11 is 0. The van der Waals surface area contributed by atoms with E-state index in [1.807, 2.05) is 30.4 Å². The van der Waals surface area contributed by atoms with Gasteiger partial charge in [0, 0.05) is 6.42 Å². The topological polar surface area (TPSA) is 96.2 Å². The van der Waals surface area contributed by atoms with Crippen molar-refractivity contribution in [2.24, 2.45) is 0 Å². The largest absolute Gasteiger partial charge is 0.481 e. The Labute approximate surface area is 156 Å². The number of rotatable bonds is 16. The zero-order chi connectivity index (χ0) is 19.5. The van der Waals surface area contributed by atoms with Gasteiger partial charge in [-0.05, 0) is 31.8 Å². The van der Waals surface area contributed by atoms with Crippen LogP contribution in [0, 0.1) is 0 Å². The Morgan fingerprint density at radius 2 is 1.73 bits per heavy atom. The molecule has 0 fully saturated rings. The van der Waals surface area contributed by atoms with Gasteiger partial charge in [0.2, 0.25) is 0 Å². The van der Waals surface area contributed by atoms with Gasteiger partial charge in [0.25, 0.3) is 0 Å². The molecular formula is C20H32O6. The maximum atomic E-state index is 10.3. The quantitative estimate of drug-likeness (QED) is 0.115. The SMILES string of the molecule is CCCCC[C@H](OO)[C@@H](/C=C/C=C/C=C\C/C=C\CCCC(=O)O)OO. The third-order valence-electron chi connectivity index (χ3n) is 3.69. The smallest absolute Gasteiger partial charge is 0.303 e. The van der Waals surface area contributed by atoms with Crippen molar-refractivity contribution in [3.05, 3.63) is 48.6 Å². The molecule has 0 amide bonds. The number of hydrogen-bond donors (Lipinski definition) is 3. The van der Waals surface area contributed by atoms with Gasteiger partial charge >= 0.3 is 5.97 Å². The van der Waals surface area contributed by atoms with Gasteiger partial charge in [0.05, 0.1) is 0 Å². The average Bonchev–Trinajstić information content (AvgIpc) is 2.63. The Morgan fingerprint density at radius 1 is 0.962 bits per heavy atom. The lowest BCUT2D eigenvalue weighted by molar-refractivity contribution is -0.345. The van der Waals surface area contributed by atoms with Gasteiger partial charge in [0.1, 0.15) is 12.2 Å². The summed E-state index contributed by atoms with van der Waals surface area (Å²) in [5.41, 5.74) is 0. The van der Waals surface area contributed by atoms with E-state index < -0.39 is 18.2 Å². The summed E-state index contributed by atoms with van der Waals surface area (Å²) in [6.45, 7) is 2.09. The fourth-order valence-corrected chi connectivity index (χ4v) is 2.22. The minimum absolute atomic E-state index is 0.203. The van der Waals surface area contributed by atoms with Crippen molar-refractivity contribution >= 4 is 5.97 Å². The molecule has 0 aromatic carbocycles. The third kappa shape index (κ3) is 14.6. The van der Waals surface area contributed by atoms with Crippen LogP contribution in [0.15, 0.2) is 48.6 Å². The van der Waals surface area contributed by atoms with Crippen LogP contribution in [-0.4, -0.2) is 33.8 Å². The van der Waals surface area contributed by atoms with Crippen LogP contribution in [0.2, 0.25) is 0 Å². The van der Waals surface area contributed by atoms with Crippen LogP contribution >= 0.6 is 0 Å². The molecular weight excluding hydrogens is 336 g/mol. The average molecular weight is 368 g/mol. The van der Waals surface area contributed by atoms with Gasteiger partial charge in [-0.2, -0.15) is 0 Å². The molecule has 3 N–H and O–H groups in total. The molecule has 2 atom stereocenters. The Kier molecular flexibility index (Phi) is 16.9. The Hall–Kier alpha value is -1.73. The van der Waals surface area contributed by atoms with Crippen LogP contribution in [0.3, 0.4) is 0 Å². The first-order valence-corrected chi connectivity index (χ1v) is 9.12. The number of aliphatic carboxylic acids is 1. The summed E-state index contributed by atoms with van der Waals surface area (Å²) < 4.78 is 0. The highest BCUT2D eigenvalue weighted by Crippen LogP contribution is 2.13. The normalized spacial score (nSPS) is 14.9. The van der Waals surface area contributed by atoms with E-state index in [9.17, 15) is 4.79 Å². The molecule has 0 aliphatic rings. The number of carbonyl (C=O) groups is 1. The summed E-state index contributed by atoms with van der Waals surface area (Å²) in [7, 11) is 0. The van der Waals surface area contributed by atoms with E-state index in [2.05, 4.69) is 16.7 Å². The third-order valence-corrected chi connectivity index (χ3v) is 3.69. The Balaban J connectivity index is 4.07.